The topological polar surface area (TPSA) is 49.4 Å². The van der Waals surface area contributed by atoms with Gasteiger partial charge in [-0.05, 0) is 37.3 Å². The maximum atomic E-state index is 12.4. The molecule has 0 aromatic heterocycles. The minimum absolute atomic E-state index is 0. The molecule has 1 heterocycles. The number of likely N-dealkylation sites (tertiary alicyclic amines) is 1. The minimum Gasteiger partial charge on any atom is -0.341 e. The summed E-state index contributed by atoms with van der Waals surface area (Å²) in [6.45, 7) is 5.95. The van der Waals surface area contributed by atoms with E-state index in [1.807, 2.05) is 36.9 Å². The highest BCUT2D eigenvalue weighted by molar-refractivity contribution is 5.97. The zero-order chi connectivity index (χ0) is 17.1. The fourth-order valence-corrected chi connectivity index (χ4v) is 3.39. The zero-order valence-corrected chi connectivity index (χ0v) is 14.8. The molecule has 1 N–H and O–H groups in total. The Morgan fingerprint density at radius 1 is 1.29 bits per heavy atom. The number of hydrogen-bond acceptors (Lipinski definition) is 3. The average molecular weight is 330 g/mol. The first-order chi connectivity index (χ1) is 11.5. The quantitative estimate of drug-likeness (QED) is 0.815. The number of rotatable bonds is 6. The van der Waals surface area contributed by atoms with Gasteiger partial charge in [0.15, 0.2) is 5.78 Å². The van der Waals surface area contributed by atoms with Crippen molar-refractivity contribution in [3.05, 3.63) is 35.4 Å². The van der Waals surface area contributed by atoms with Crippen LogP contribution < -0.4 is 5.32 Å². The van der Waals surface area contributed by atoms with Crippen LogP contribution in [0.15, 0.2) is 24.3 Å². The van der Waals surface area contributed by atoms with Gasteiger partial charge < -0.3 is 10.2 Å². The van der Waals surface area contributed by atoms with Gasteiger partial charge in [0.25, 0.3) is 0 Å². The Labute approximate surface area is 146 Å². The highest BCUT2D eigenvalue weighted by atomic mass is 16.2. The van der Waals surface area contributed by atoms with Crippen molar-refractivity contribution < 1.29 is 11.0 Å². The van der Waals surface area contributed by atoms with E-state index in [-0.39, 0.29) is 19.0 Å². The van der Waals surface area contributed by atoms with E-state index in [1.54, 1.807) is 0 Å². The predicted molar refractivity (Wildman–Crippen MR) is 97.3 cm³/mol. The number of Topliss-reactive ketones (excluding diaryl/α,β-unsaturated/α-hetero) is 1. The molecule has 2 fully saturated rings. The van der Waals surface area contributed by atoms with Crippen LogP contribution >= 0.6 is 0 Å². The first kappa shape index (κ1) is 17.2. The lowest BCUT2D eigenvalue weighted by molar-refractivity contribution is -0.131. The molecule has 4 nitrogen and oxygen atoms in total. The van der Waals surface area contributed by atoms with Crippen LogP contribution in [0.25, 0.3) is 0 Å². The minimum atomic E-state index is 0. The maximum absolute atomic E-state index is 12.4. The Hall–Kier alpha value is -1.68. The molecule has 1 aliphatic heterocycles. The van der Waals surface area contributed by atoms with Gasteiger partial charge in [-0.2, -0.15) is 0 Å². The Balaban J connectivity index is 0.00000225. The van der Waals surface area contributed by atoms with Gasteiger partial charge in [-0.3, -0.25) is 9.59 Å². The van der Waals surface area contributed by atoms with Gasteiger partial charge in [0.05, 0.1) is 6.54 Å². The number of carbonyl (C=O) groups excluding carboxylic acids is 2. The average Bonchev–Trinajstić information content (AvgIpc) is 3.43. The number of ketones is 1. The van der Waals surface area contributed by atoms with E-state index >= 15 is 0 Å². The Kier molecular flexibility index (Phi) is 5.34. The van der Waals surface area contributed by atoms with Crippen molar-refractivity contribution >= 4 is 11.7 Å². The normalized spacial score (nSPS) is 21.1. The molecule has 1 aliphatic carbocycles. The first-order valence-corrected chi connectivity index (χ1v) is 9.20. The van der Waals surface area contributed by atoms with Gasteiger partial charge in [0.1, 0.15) is 0 Å². The second-order valence-electron chi connectivity index (χ2n) is 7.48. The molecule has 1 saturated carbocycles. The zero-order valence-electron chi connectivity index (χ0n) is 14.8. The van der Waals surface area contributed by atoms with E-state index in [2.05, 4.69) is 11.4 Å². The van der Waals surface area contributed by atoms with Crippen molar-refractivity contribution in [3.8, 4) is 0 Å². The largest absolute Gasteiger partial charge is 0.341 e. The van der Waals surface area contributed by atoms with Gasteiger partial charge >= 0.3 is 0 Å². The Bertz CT molecular complexity index is 613. The van der Waals surface area contributed by atoms with Crippen molar-refractivity contribution in [2.75, 3.05) is 19.6 Å². The summed E-state index contributed by atoms with van der Waals surface area (Å²) < 4.78 is 0. The molecule has 0 radical (unpaired) electrons. The van der Waals surface area contributed by atoms with Gasteiger partial charge in [0.2, 0.25) is 5.91 Å². The first-order valence-electron chi connectivity index (χ1n) is 9.20. The second-order valence-corrected chi connectivity index (χ2v) is 7.48. The van der Waals surface area contributed by atoms with E-state index in [0.29, 0.717) is 18.5 Å². The summed E-state index contributed by atoms with van der Waals surface area (Å²) in [5, 5.41) is 3.31. The summed E-state index contributed by atoms with van der Waals surface area (Å²) in [6, 6.07) is 8.56. The van der Waals surface area contributed by atoms with Crippen LogP contribution in [0.3, 0.4) is 0 Å². The SMILES string of the molecule is CC(C)C(=O)c1cccc(C2CCCN(C(=O)CNC3CC3)C2)c1.[HH]. The van der Waals surface area contributed by atoms with E-state index in [9.17, 15) is 9.59 Å². The molecule has 1 saturated heterocycles. The molecule has 0 spiro atoms. The second kappa shape index (κ2) is 7.47. The molecule has 132 valence electrons. The number of nitrogens with one attached hydrogen (secondary N) is 1. The lowest BCUT2D eigenvalue weighted by atomic mass is 9.88. The molecule has 4 heteroatoms. The monoisotopic (exact) mass is 330 g/mol. The standard InChI is InChI=1S/C20H28N2O2.H2/c1-14(2)20(24)16-6-3-5-15(11-16)17-7-4-10-22(13-17)19(23)12-21-18-8-9-18;/h3,5-6,11,14,17-18,21H,4,7-10,12-13H2,1-2H3;1H. The number of nitrogens with zero attached hydrogens (tertiary/aromatic N) is 1. The molecular formula is C20H30N2O2. The predicted octanol–water partition coefficient (Wildman–Crippen LogP) is 3.23. The van der Waals surface area contributed by atoms with Crippen LogP contribution in [0.1, 0.15) is 62.8 Å². The number of piperidine rings is 1. The van der Waals surface area contributed by atoms with Crippen LogP contribution in [-0.2, 0) is 4.79 Å². The summed E-state index contributed by atoms with van der Waals surface area (Å²) in [7, 11) is 0. The van der Waals surface area contributed by atoms with Crippen LogP contribution in [0, 0.1) is 5.92 Å². The molecule has 1 aromatic rings. The van der Waals surface area contributed by atoms with Crippen molar-refractivity contribution in [3.63, 3.8) is 0 Å². The number of carbonyl (C=O) groups is 2. The number of hydrogen-bond donors (Lipinski definition) is 1. The molecular weight excluding hydrogens is 300 g/mol. The molecule has 2 aliphatic rings. The Morgan fingerprint density at radius 3 is 2.79 bits per heavy atom. The van der Waals surface area contributed by atoms with Crippen molar-refractivity contribution in [2.24, 2.45) is 5.92 Å². The molecule has 1 aromatic carbocycles. The molecule has 1 atom stereocenters. The number of benzene rings is 1. The fourth-order valence-electron chi connectivity index (χ4n) is 3.39. The van der Waals surface area contributed by atoms with Crippen LogP contribution in [0.5, 0.6) is 0 Å². The van der Waals surface area contributed by atoms with Gasteiger partial charge in [-0.25, -0.2) is 0 Å². The summed E-state index contributed by atoms with van der Waals surface area (Å²) in [4.78, 5) is 26.6. The van der Waals surface area contributed by atoms with Crippen molar-refractivity contribution in [1.29, 1.82) is 0 Å². The summed E-state index contributed by atoms with van der Waals surface area (Å²) >= 11 is 0. The van der Waals surface area contributed by atoms with Gasteiger partial charge in [0, 0.05) is 38.0 Å². The van der Waals surface area contributed by atoms with Gasteiger partial charge in [-0.15, -0.1) is 0 Å². The van der Waals surface area contributed by atoms with E-state index in [0.717, 1.165) is 31.5 Å². The molecule has 1 unspecified atom stereocenters. The highest BCUT2D eigenvalue weighted by Gasteiger charge is 2.27. The molecule has 0 bridgehead atoms. The summed E-state index contributed by atoms with van der Waals surface area (Å²) in [5.41, 5.74) is 1.98. The highest BCUT2D eigenvalue weighted by Crippen LogP contribution is 2.28. The number of amides is 1. The lowest BCUT2D eigenvalue weighted by Crippen LogP contribution is -2.43. The molecule has 1 amide bonds. The van der Waals surface area contributed by atoms with E-state index < -0.39 is 0 Å². The van der Waals surface area contributed by atoms with Crippen LogP contribution in [-0.4, -0.2) is 42.3 Å². The van der Waals surface area contributed by atoms with Crippen LogP contribution in [0.2, 0.25) is 0 Å². The Morgan fingerprint density at radius 2 is 2.08 bits per heavy atom. The van der Waals surface area contributed by atoms with Crippen molar-refractivity contribution in [1.82, 2.24) is 10.2 Å². The third kappa shape index (κ3) is 4.23. The van der Waals surface area contributed by atoms with Crippen LogP contribution in [0.4, 0.5) is 0 Å². The van der Waals surface area contributed by atoms with E-state index in [4.69, 9.17) is 0 Å². The third-order valence-corrected chi connectivity index (χ3v) is 5.06. The molecule has 3 rings (SSSR count). The van der Waals surface area contributed by atoms with Gasteiger partial charge in [-0.1, -0.05) is 32.0 Å². The van der Waals surface area contributed by atoms with E-state index in [1.165, 1.54) is 18.4 Å². The fraction of sp³-hybridized carbons (Fsp3) is 0.600. The molecule has 24 heavy (non-hydrogen) atoms. The summed E-state index contributed by atoms with van der Waals surface area (Å²) in [6.07, 6.45) is 4.51. The lowest BCUT2D eigenvalue weighted by Gasteiger charge is -2.33. The summed E-state index contributed by atoms with van der Waals surface area (Å²) in [5.74, 6) is 0.747. The smallest absolute Gasteiger partial charge is 0.236 e. The third-order valence-electron chi connectivity index (χ3n) is 5.06. The van der Waals surface area contributed by atoms with Crippen molar-refractivity contribution in [2.45, 2.75) is 51.5 Å². The maximum Gasteiger partial charge on any atom is 0.236 e.